The second-order valence-corrected chi connectivity index (χ2v) is 9.03. The van der Waals surface area contributed by atoms with Crippen LogP contribution in [0.4, 0.5) is 0 Å². The Bertz CT molecular complexity index is 1860. The first-order valence-corrected chi connectivity index (χ1v) is 12.0. The van der Waals surface area contributed by atoms with Gasteiger partial charge >= 0.3 is 5.63 Å². The van der Waals surface area contributed by atoms with Gasteiger partial charge in [0.1, 0.15) is 28.2 Å². The van der Waals surface area contributed by atoms with Crippen molar-refractivity contribution in [1.29, 1.82) is 0 Å². The SMILES string of the molecule is COc1ccc2cc(-c3oc4cc(C)oc(=O)c4c3CC(=O)NCc3cccc4[nH]ccc34)ccc2c1. The summed E-state index contributed by atoms with van der Waals surface area (Å²) in [6, 6.07) is 21.3. The van der Waals surface area contributed by atoms with Gasteiger partial charge in [0.25, 0.3) is 0 Å². The third kappa shape index (κ3) is 4.14. The van der Waals surface area contributed by atoms with Crippen molar-refractivity contribution in [1.82, 2.24) is 10.3 Å². The number of fused-ring (bicyclic) bond motifs is 3. The number of benzene rings is 3. The van der Waals surface area contributed by atoms with E-state index in [4.69, 9.17) is 13.6 Å². The number of furan rings is 1. The van der Waals surface area contributed by atoms with Gasteiger partial charge in [0.15, 0.2) is 0 Å². The topological polar surface area (TPSA) is 97.5 Å². The molecule has 37 heavy (non-hydrogen) atoms. The number of amides is 1. The van der Waals surface area contributed by atoms with Crippen LogP contribution in [0.1, 0.15) is 16.9 Å². The fourth-order valence-corrected chi connectivity index (χ4v) is 4.84. The molecule has 0 saturated heterocycles. The normalized spacial score (nSPS) is 11.4. The summed E-state index contributed by atoms with van der Waals surface area (Å²) in [6.07, 6.45) is 1.85. The van der Waals surface area contributed by atoms with Crippen molar-refractivity contribution in [2.75, 3.05) is 7.11 Å². The highest BCUT2D eigenvalue weighted by atomic mass is 16.5. The summed E-state index contributed by atoms with van der Waals surface area (Å²) < 4.78 is 16.9. The lowest BCUT2D eigenvalue weighted by Gasteiger charge is -2.08. The average molecular weight is 493 g/mol. The zero-order chi connectivity index (χ0) is 25.5. The maximum Gasteiger partial charge on any atom is 0.347 e. The number of carbonyl (C=O) groups excluding carboxylic acids is 1. The number of methoxy groups -OCH3 is 1. The van der Waals surface area contributed by atoms with E-state index in [0.29, 0.717) is 34.6 Å². The smallest absolute Gasteiger partial charge is 0.347 e. The number of hydrogen-bond acceptors (Lipinski definition) is 5. The lowest BCUT2D eigenvalue weighted by atomic mass is 10.0. The van der Waals surface area contributed by atoms with Gasteiger partial charge in [-0.1, -0.05) is 30.3 Å². The summed E-state index contributed by atoms with van der Waals surface area (Å²) in [7, 11) is 1.63. The van der Waals surface area contributed by atoms with Crippen molar-refractivity contribution in [3.05, 3.63) is 100 Å². The molecule has 3 heterocycles. The van der Waals surface area contributed by atoms with E-state index >= 15 is 0 Å². The fraction of sp³-hybridized carbons (Fsp3) is 0.133. The molecule has 3 aromatic carbocycles. The van der Waals surface area contributed by atoms with E-state index in [-0.39, 0.29) is 12.3 Å². The van der Waals surface area contributed by atoms with Gasteiger partial charge in [-0.25, -0.2) is 4.79 Å². The minimum absolute atomic E-state index is 0.0279. The second kappa shape index (κ2) is 9.02. The molecule has 1 amide bonds. The molecule has 0 aliphatic heterocycles. The standard InChI is InChI=1S/C30H24N2O5/c1-17-12-26-28(30(34)36-17)24(15-27(33)32-16-21-4-3-5-25-23(21)10-11-31-25)29(37-26)20-7-6-19-14-22(35-2)9-8-18(19)13-20/h3-14,31H,15-16H2,1-2H3,(H,32,33). The van der Waals surface area contributed by atoms with Crippen LogP contribution in [0.25, 0.3) is 44.0 Å². The molecule has 0 bridgehead atoms. The molecule has 0 radical (unpaired) electrons. The molecule has 0 spiro atoms. The third-order valence-corrected chi connectivity index (χ3v) is 6.63. The van der Waals surface area contributed by atoms with Crippen LogP contribution in [0.5, 0.6) is 5.75 Å². The van der Waals surface area contributed by atoms with Crippen LogP contribution in [0.3, 0.4) is 0 Å². The van der Waals surface area contributed by atoms with Gasteiger partial charge in [0, 0.05) is 40.8 Å². The molecular weight excluding hydrogens is 468 g/mol. The molecule has 0 atom stereocenters. The predicted octanol–water partition coefficient (Wildman–Crippen LogP) is 5.86. The molecule has 2 N–H and O–H groups in total. The van der Waals surface area contributed by atoms with E-state index in [0.717, 1.165) is 38.6 Å². The molecule has 6 aromatic rings. The molecule has 0 aliphatic rings. The van der Waals surface area contributed by atoms with Crippen molar-refractivity contribution >= 4 is 38.6 Å². The molecule has 7 nitrogen and oxygen atoms in total. The highest BCUT2D eigenvalue weighted by Gasteiger charge is 2.22. The van der Waals surface area contributed by atoms with Crippen molar-refractivity contribution in [2.24, 2.45) is 0 Å². The zero-order valence-corrected chi connectivity index (χ0v) is 20.4. The Kier molecular flexibility index (Phi) is 5.53. The van der Waals surface area contributed by atoms with Gasteiger partial charge < -0.3 is 23.9 Å². The Morgan fingerprint density at radius 3 is 2.70 bits per heavy atom. The number of ether oxygens (including phenoxy) is 1. The van der Waals surface area contributed by atoms with Crippen molar-refractivity contribution in [3.8, 4) is 17.1 Å². The van der Waals surface area contributed by atoms with E-state index in [1.165, 1.54) is 0 Å². The number of H-pyrrole nitrogens is 1. The van der Waals surface area contributed by atoms with E-state index < -0.39 is 5.63 Å². The lowest BCUT2D eigenvalue weighted by molar-refractivity contribution is -0.120. The van der Waals surface area contributed by atoms with Crippen LogP contribution in [-0.2, 0) is 17.8 Å². The molecule has 7 heteroatoms. The Morgan fingerprint density at radius 1 is 1.00 bits per heavy atom. The number of aromatic amines is 1. The molecule has 0 saturated carbocycles. The summed E-state index contributed by atoms with van der Waals surface area (Å²) in [6.45, 7) is 2.06. The van der Waals surface area contributed by atoms with Gasteiger partial charge in [0.05, 0.1) is 13.5 Å². The molecule has 0 unspecified atom stereocenters. The second-order valence-electron chi connectivity index (χ2n) is 9.03. The van der Waals surface area contributed by atoms with E-state index in [1.807, 2.05) is 66.9 Å². The van der Waals surface area contributed by atoms with Crippen LogP contribution in [0.2, 0.25) is 0 Å². The van der Waals surface area contributed by atoms with Crippen molar-refractivity contribution < 1.29 is 18.4 Å². The molecular formula is C30H24N2O5. The molecule has 184 valence electrons. The third-order valence-electron chi connectivity index (χ3n) is 6.63. The number of rotatable bonds is 6. The van der Waals surface area contributed by atoms with E-state index in [9.17, 15) is 9.59 Å². The summed E-state index contributed by atoms with van der Waals surface area (Å²) in [4.78, 5) is 29.2. The van der Waals surface area contributed by atoms with Crippen LogP contribution >= 0.6 is 0 Å². The zero-order valence-electron chi connectivity index (χ0n) is 20.4. The van der Waals surface area contributed by atoms with Crippen LogP contribution in [0, 0.1) is 6.92 Å². The maximum atomic E-state index is 13.1. The highest BCUT2D eigenvalue weighted by molar-refractivity contribution is 5.95. The average Bonchev–Trinajstić information content (AvgIpc) is 3.52. The van der Waals surface area contributed by atoms with Gasteiger partial charge in [0.2, 0.25) is 5.91 Å². The summed E-state index contributed by atoms with van der Waals surface area (Å²) in [5, 5.41) is 6.33. The minimum Gasteiger partial charge on any atom is -0.497 e. The first-order chi connectivity index (χ1) is 18.0. The van der Waals surface area contributed by atoms with Crippen LogP contribution in [-0.4, -0.2) is 18.0 Å². The molecule has 6 rings (SSSR count). The Balaban J connectivity index is 1.37. The first kappa shape index (κ1) is 22.7. The quantitative estimate of drug-likeness (QED) is 0.303. The predicted molar refractivity (Wildman–Crippen MR) is 143 cm³/mol. The van der Waals surface area contributed by atoms with Crippen molar-refractivity contribution in [2.45, 2.75) is 19.9 Å². The van der Waals surface area contributed by atoms with Crippen LogP contribution in [0.15, 0.2) is 86.6 Å². The van der Waals surface area contributed by atoms with Crippen molar-refractivity contribution in [3.63, 3.8) is 0 Å². The first-order valence-electron chi connectivity index (χ1n) is 12.0. The maximum absolute atomic E-state index is 13.1. The highest BCUT2D eigenvalue weighted by Crippen LogP contribution is 2.35. The van der Waals surface area contributed by atoms with Crippen LogP contribution < -0.4 is 15.7 Å². The number of carbonyl (C=O) groups is 1. The monoisotopic (exact) mass is 492 g/mol. The number of aryl methyl sites for hydroxylation is 1. The Labute approximate surface area is 211 Å². The Morgan fingerprint density at radius 2 is 1.84 bits per heavy atom. The summed E-state index contributed by atoms with van der Waals surface area (Å²) in [5.41, 5.74) is 3.18. The van der Waals surface area contributed by atoms with E-state index in [2.05, 4.69) is 10.3 Å². The van der Waals surface area contributed by atoms with Gasteiger partial charge in [-0.05, 0) is 53.6 Å². The van der Waals surface area contributed by atoms with E-state index in [1.54, 1.807) is 20.1 Å². The number of aromatic nitrogens is 1. The fourth-order valence-electron chi connectivity index (χ4n) is 4.84. The van der Waals surface area contributed by atoms with Gasteiger partial charge in [-0.3, -0.25) is 4.79 Å². The number of hydrogen-bond donors (Lipinski definition) is 2. The number of nitrogens with one attached hydrogen (secondary N) is 2. The lowest BCUT2D eigenvalue weighted by Crippen LogP contribution is -2.25. The molecule has 0 fully saturated rings. The summed E-state index contributed by atoms with van der Waals surface area (Å²) >= 11 is 0. The molecule has 3 aromatic heterocycles. The van der Waals surface area contributed by atoms with Gasteiger partial charge in [-0.2, -0.15) is 0 Å². The Hall–Kier alpha value is -4.78. The summed E-state index contributed by atoms with van der Waals surface area (Å²) in [5.74, 6) is 1.47. The minimum atomic E-state index is -0.518. The molecule has 0 aliphatic carbocycles. The largest absolute Gasteiger partial charge is 0.497 e. The van der Waals surface area contributed by atoms with Gasteiger partial charge in [-0.15, -0.1) is 0 Å².